The number of nitrogens with one attached hydrogen (secondary N) is 1. The highest BCUT2D eigenvalue weighted by molar-refractivity contribution is 8.00. The number of fused-ring (bicyclic) bond motifs is 3. The van der Waals surface area contributed by atoms with Crippen molar-refractivity contribution in [3.8, 4) is 6.07 Å². The topological polar surface area (TPSA) is 125 Å². The Balaban J connectivity index is 1.49. The first-order chi connectivity index (χ1) is 17.9. The number of nitriles is 1. The average molecular weight is 527 g/mol. The van der Waals surface area contributed by atoms with E-state index in [1.165, 1.54) is 16.9 Å². The molecule has 0 radical (unpaired) electrons. The molecule has 3 aromatic rings. The summed E-state index contributed by atoms with van der Waals surface area (Å²) < 4.78 is 0.745. The van der Waals surface area contributed by atoms with E-state index in [1.54, 1.807) is 16.7 Å². The monoisotopic (exact) mass is 526 g/mol. The summed E-state index contributed by atoms with van der Waals surface area (Å²) in [6, 6.07) is 17.8. The van der Waals surface area contributed by atoms with Gasteiger partial charge in [0.2, 0.25) is 11.0 Å². The van der Waals surface area contributed by atoms with E-state index in [1.807, 2.05) is 43.3 Å². The second kappa shape index (κ2) is 8.87. The summed E-state index contributed by atoms with van der Waals surface area (Å²) in [7, 11) is 0. The minimum Gasteiger partial charge on any atom is -0.384 e. The van der Waals surface area contributed by atoms with Crippen molar-refractivity contribution in [1.29, 1.82) is 5.26 Å². The summed E-state index contributed by atoms with van der Waals surface area (Å²) in [6.07, 6.45) is 1.45. The third-order valence-corrected chi connectivity index (χ3v) is 9.09. The molecule has 184 valence electrons. The molecule has 3 N–H and O–H groups in total. The number of ketones is 1. The molecule has 1 aromatic heterocycles. The van der Waals surface area contributed by atoms with Crippen molar-refractivity contribution < 1.29 is 9.59 Å². The van der Waals surface area contributed by atoms with Gasteiger partial charge in [-0.15, -0.1) is 10.2 Å². The van der Waals surface area contributed by atoms with E-state index in [0.717, 1.165) is 15.7 Å². The van der Waals surface area contributed by atoms with Gasteiger partial charge >= 0.3 is 0 Å². The van der Waals surface area contributed by atoms with E-state index >= 15 is 0 Å². The maximum Gasteiger partial charge on any atom is 0.245 e. The lowest BCUT2D eigenvalue weighted by Gasteiger charge is -2.42. The molecule has 1 aliphatic carbocycles. The molecule has 2 aromatic carbocycles. The predicted octanol–water partition coefficient (Wildman–Crippen LogP) is 4.55. The fraction of sp³-hybridized carbons (Fsp3) is 0.222. The van der Waals surface area contributed by atoms with Crippen LogP contribution in [0.3, 0.4) is 0 Å². The number of allylic oxidation sites excluding steroid dienone is 1. The van der Waals surface area contributed by atoms with Gasteiger partial charge in [-0.05, 0) is 31.4 Å². The SMILES string of the molecule is Cc1ccc2c(c1)C1(C(=O)N2)C(C#N)=C(N)N(c2nnc(SCc3ccccc3)s2)C2=C1C(=O)CCC2. The number of hydrogen-bond donors (Lipinski definition) is 2. The molecule has 6 rings (SSSR count). The summed E-state index contributed by atoms with van der Waals surface area (Å²) in [4.78, 5) is 28.9. The van der Waals surface area contributed by atoms with E-state index < -0.39 is 11.3 Å². The van der Waals surface area contributed by atoms with E-state index in [4.69, 9.17) is 5.73 Å². The second-order valence-electron chi connectivity index (χ2n) is 9.18. The van der Waals surface area contributed by atoms with E-state index in [-0.39, 0.29) is 17.2 Å². The Morgan fingerprint density at radius 3 is 2.78 bits per heavy atom. The number of Topliss-reactive ketones (excluding diaryl/α,β-unsaturated/α-hetero) is 1. The van der Waals surface area contributed by atoms with Crippen LogP contribution in [0, 0.1) is 18.3 Å². The summed E-state index contributed by atoms with van der Waals surface area (Å²) in [5, 5.41) is 22.5. The molecule has 10 heteroatoms. The molecule has 3 aliphatic rings. The first-order valence-electron chi connectivity index (χ1n) is 11.8. The Labute approximate surface area is 221 Å². The van der Waals surface area contributed by atoms with Gasteiger partial charge in [-0.25, -0.2) is 0 Å². The molecule has 1 amide bonds. The summed E-state index contributed by atoms with van der Waals surface area (Å²) in [5.41, 5.74) is 9.37. The molecule has 8 nitrogen and oxygen atoms in total. The number of nitrogens with two attached hydrogens (primary N) is 1. The van der Waals surface area contributed by atoms with Crippen LogP contribution >= 0.6 is 23.1 Å². The van der Waals surface area contributed by atoms with E-state index in [2.05, 4.69) is 33.7 Å². The molecule has 0 fully saturated rings. The minimum atomic E-state index is -1.57. The summed E-state index contributed by atoms with van der Waals surface area (Å²) in [6.45, 7) is 1.92. The molecular weight excluding hydrogens is 504 g/mol. The Hall–Kier alpha value is -3.94. The van der Waals surface area contributed by atoms with Crippen LogP contribution in [0.5, 0.6) is 0 Å². The smallest absolute Gasteiger partial charge is 0.245 e. The number of anilines is 2. The van der Waals surface area contributed by atoms with Crippen molar-refractivity contribution in [1.82, 2.24) is 10.2 Å². The lowest BCUT2D eigenvalue weighted by Crippen LogP contribution is -2.50. The first-order valence-corrected chi connectivity index (χ1v) is 13.7. The second-order valence-corrected chi connectivity index (χ2v) is 11.4. The zero-order chi connectivity index (χ0) is 25.7. The van der Waals surface area contributed by atoms with Crippen LogP contribution in [-0.2, 0) is 20.8 Å². The van der Waals surface area contributed by atoms with Crippen LogP contribution in [0.1, 0.15) is 36.0 Å². The Bertz CT molecular complexity index is 1570. The van der Waals surface area contributed by atoms with Crippen LogP contribution < -0.4 is 16.0 Å². The van der Waals surface area contributed by atoms with Crippen LogP contribution in [-0.4, -0.2) is 21.9 Å². The molecule has 1 unspecified atom stereocenters. The fourth-order valence-electron chi connectivity index (χ4n) is 5.39. The number of amides is 1. The number of carbonyl (C=O) groups excluding carboxylic acids is 2. The molecule has 0 saturated carbocycles. The molecule has 0 bridgehead atoms. The number of carbonyl (C=O) groups is 2. The number of nitrogens with zero attached hydrogens (tertiary/aromatic N) is 4. The quantitative estimate of drug-likeness (QED) is 0.475. The molecule has 2 aliphatic heterocycles. The number of thioether (sulfide) groups is 1. The van der Waals surface area contributed by atoms with Gasteiger partial charge in [-0.1, -0.05) is 71.1 Å². The number of hydrogen-bond acceptors (Lipinski definition) is 9. The Kier molecular flexibility index (Phi) is 5.62. The fourth-order valence-corrected chi connectivity index (χ4v) is 7.23. The van der Waals surface area contributed by atoms with Crippen molar-refractivity contribution in [3.05, 3.63) is 87.9 Å². The Morgan fingerprint density at radius 2 is 2.00 bits per heavy atom. The highest BCUT2D eigenvalue weighted by Crippen LogP contribution is 2.55. The zero-order valence-electron chi connectivity index (χ0n) is 19.9. The standard InChI is InChI=1S/C27H22N6O2S2/c1-15-10-11-19-17(12-15)27(24(35)30-19)18(13-28)23(29)33(20-8-5-9-21(34)22(20)27)25-31-32-26(37-25)36-14-16-6-3-2-4-7-16/h2-4,6-7,10-12H,5,8-9,14,29H2,1H3,(H,30,35). The largest absolute Gasteiger partial charge is 0.384 e. The number of aryl methyl sites for hydroxylation is 1. The number of aromatic nitrogens is 2. The molecule has 1 spiro atoms. The van der Waals surface area contributed by atoms with Crippen molar-refractivity contribution in [3.63, 3.8) is 0 Å². The van der Waals surface area contributed by atoms with Crippen molar-refractivity contribution in [2.24, 2.45) is 5.73 Å². The maximum absolute atomic E-state index is 13.7. The van der Waals surface area contributed by atoms with Crippen molar-refractivity contribution >= 4 is 45.6 Å². The van der Waals surface area contributed by atoms with Gasteiger partial charge in [0, 0.05) is 34.7 Å². The molecular formula is C27H22N6O2S2. The van der Waals surface area contributed by atoms with Crippen LogP contribution in [0.15, 0.2) is 75.5 Å². The lowest BCUT2D eigenvalue weighted by molar-refractivity contribution is -0.122. The maximum atomic E-state index is 13.7. The summed E-state index contributed by atoms with van der Waals surface area (Å²) in [5.74, 6) is 0.262. The van der Waals surface area contributed by atoms with Gasteiger partial charge in [0.25, 0.3) is 0 Å². The van der Waals surface area contributed by atoms with Gasteiger partial charge in [0.05, 0.1) is 5.57 Å². The number of benzene rings is 2. The molecule has 37 heavy (non-hydrogen) atoms. The number of rotatable bonds is 4. The zero-order valence-corrected chi connectivity index (χ0v) is 21.6. The third kappa shape index (κ3) is 3.49. The van der Waals surface area contributed by atoms with E-state index in [9.17, 15) is 14.9 Å². The highest BCUT2D eigenvalue weighted by Gasteiger charge is 2.60. The van der Waals surface area contributed by atoms with Crippen LogP contribution in [0.2, 0.25) is 0 Å². The Morgan fingerprint density at radius 1 is 1.19 bits per heavy atom. The minimum absolute atomic E-state index is 0.0389. The molecule has 3 heterocycles. The average Bonchev–Trinajstić information content (AvgIpc) is 3.47. The van der Waals surface area contributed by atoms with Gasteiger partial charge < -0.3 is 11.1 Å². The van der Waals surface area contributed by atoms with E-state index in [0.29, 0.717) is 46.9 Å². The van der Waals surface area contributed by atoms with Crippen LogP contribution in [0.25, 0.3) is 0 Å². The van der Waals surface area contributed by atoms with Crippen molar-refractivity contribution in [2.75, 3.05) is 10.2 Å². The van der Waals surface area contributed by atoms with Crippen LogP contribution in [0.4, 0.5) is 10.8 Å². The van der Waals surface area contributed by atoms with Gasteiger partial charge in [0.1, 0.15) is 17.3 Å². The normalized spacial score (nSPS) is 20.7. The van der Waals surface area contributed by atoms with Gasteiger partial charge in [0.15, 0.2) is 10.1 Å². The van der Waals surface area contributed by atoms with Gasteiger partial charge in [-0.2, -0.15) is 5.26 Å². The van der Waals surface area contributed by atoms with Gasteiger partial charge in [-0.3, -0.25) is 14.5 Å². The first kappa shape index (κ1) is 23.5. The molecule has 0 saturated heterocycles. The molecule has 1 atom stereocenters. The lowest BCUT2D eigenvalue weighted by atomic mass is 9.64. The highest BCUT2D eigenvalue weighted by atomic mass is 32.2. The summed E-state index contributed by atoms with van der Waals surface area (Å²) >= 11 is 2.91. The van der Waals surface area contributed by atoms with Crippen molar-refractivity contribution in [2.45, 2.75) is 41.7 Å². The predicted molar refractivity (Wildman–Crippen MR) is 143 cm³/mol. The third-order valence-electron chi connectivity index (χ3n) is 6.97.